The average molecular weight is 449 g/mol. The fourth-order valence-corrected chi connectivity index (χ4v) is 4.63. The highest BCUT2D eigenvalue weighted by Gasteiger charge is 2.26. The second kappa shape index (κ2) is 10.0. The van der Waals surface area contributed by atoms with E-state index >= 15 is 0 Å². The number of hydrogen-bond acceptors (Lipinski definition) is 6. The third-order valence-corrected chi connectivity index (χ3v) is 6.61. The maximum Gasteiger partial charge on any atom is 0.257 e. The fraction of sp³-hybridized carbons (Fsp3) is 0.409. The molecule has 31 heavy (non-hydrogen) atoms. The predicted molar refractivity (Wildman–Crippen MR) is 116 cm³/mol. The Bertz CT molecular complexity index is 1000. The number of nitrogens with zero attached hydrogens (tertiary/aromatic N) is 1. The van der Waals surface area contributed by atoms with Crippen LogP contribution in [0.3, 0.4) is 0 Å². The predicted octanol–water partition coefficient (Wildman–Crippen LogP) is 2.69. The molecule has 1 N–H and O–H groups in total. The van der Waals surface area contributed by atoms with Crippen molar-refractivity contribution in [1.82, 2.24) is 9.62 Å². The van der Waals surface area contributed by atoms with E-state index in [0.717, 1.165) is 12.8 Å². The summed E-state index contributed by atoms with van der Waals surface area (Å²) in [6, 6.07) is 10.8. The summed E-state index contributed by atoms with van der Waals surface area (Å²) in [4.78, 5) is 14.6. The summed E-state index contributed by atoms with van der Waals surface area (Å²) in [5.41, 5.74) is 0.245. The van der Waals surface area contributed by atoms with E-state index in [1.807, 2.05) is 0 Å². The van der Waals surface area contributed by atoms with Gasteiger partial charge in [-0.25, -0.2) is 13.1 Å². The van der Waals surface area contributed by atoms with Crippen LogP contribution in [0.2, 0.25) is 0 Å². The minimum Gasteiger partial charge on any atom is -0.497 e. The zero-order valence-electron chi connectivity index (χ0n) is 18.0. The first-order chi connectivity index (χ1) is 14.8. The first kappa shape index (κ1) is 22.9. The number of rotatable bonds is 9. The smallest absolute Gasteiger partial charge is 0.257 e. The molecule has 0 spiro atoms. The van der Waals surface area contributed by atoms with Gasteiger partial charge in [-0.05, 0) is 62.2 Å². The highest BCUT2D eigenvalue weighted by atomic mass is 32.2. The first-order valence-corrected chi connectivity index (χ1v) is 11.6. The van der Waals surface area contributed by atoms with Crippen molar-refractivity contribution in [3.63, 3.8) is 0 Å². The number of amides is 1. The van der Waals surface area contributed by atoms with E-state index < -0.39 is 16.1 Å². The van der Waals surface area contributed by atoms with Crippen LogP contribution in [0.1, 0.15) is 30.1 Å². The minimum absolute atomic E-state index is 0.00662. The Kier molecular flexibility index (Phi) is 7.40. The number of ether oxygens (including phenoxy) is 3. The van der Waals surface area contributed by atoms with Gasteiger partial charge in [0.15, 0.2) is 0 Å². The molecule has 0 radical (unpaired) electrons. The summed E-state index contributed by atoms with van der Waals surface area (Å²) in [5.74, 6) is 1.45. The number of nitrogens with one attached hydrogen (secondary N) is 1. The van der Waals surface area contributed by atoms with Crippen LogP contribution in [0.5, 0.6) is 17.2 Å². The molecule has 1 saturated heterocycles. The van der Waals surface area contributed by atoms with E-state index in [9.17, 15) is 13.2 Å². The molecule has 3 rings (SSSR count). The van der Waals surface area contributed by atoms with Crippen molar-refractivity contribution in [1.29, 1.82) is 0 Å². The zero-order valence-corrected chi connectivity index (χ0v) is 18.8. The number of methoxy groups -OCH3 is 2. The Hall–Kier alpha value is -2.78. The van der Waals surface area contributed by atoms with Crippen LogP contribution in [-0.4, -0.2) is 59.2 Å². The van der Waals surface area contributed by atoms with Crippen LogP contribution in [-0.2, 0) is 10.0 Å². The maximum absolute atomic E-state index is 12.9. The van der Waals surface area contributed by atoms with Gasteiger partial charge in [0.2, 0.25) is 10.0 Å². The van der Waals surface area contributed by atoms with Gasteiger partial charge in [0.1, 0.15) is 23.9 Å². The standard InChI is InChI=1S/C22H28N2O6S/c1-16(15-30-18-8-6-17(28-2)7-9-18)23-31(26,27)19-10-11-21(29-3)20(14-19)22(25)24-12-4-5-13-24/h6-11,14,16,23H,4-5,12-13,15H2,1-3H3. The van der Waals surface area contributed by atoms with Crippen LogP contribution in [0.25, 0.3) is 0 Å². The third kappa shape index (κ3) is 5.68. The lowest BCUT2D eigenvalue weighted by Crippen LogP contribution is -2.37. The van der Waals surface area contributed by atoms with Gasteiger partial charge in [-0.15, -0.1) is 0 Å². The van der Waals surface area contributed by atoms with E-state index in [1.54, 1.807) is 43.2 Å². The van der Waals surface area contributed by atoms with Crippen molar-refractivity contribution in [2.45, 2.75) is 30.7 Å². The number of carbonyl (C=O) groups excluding carboxylic acids is 1. The molecule has 9 heteroatoms. The molecular formula is C22H28N2O6S. The van der Waals surface area contributed by atoms with Gasteiger partial charge in [-0.1, -0.05) is 0 Å². The van der Waals surface area contributed by atoms with E-state index in [4.69, 9.17) is 14.2 Å². The molecule has 1 atom stereocenters. The lowest BCUT2D eigenvalue weighted by atomic mass is 10.1. The summed E-state index contributed by atoms with van der Waals surface area (Å²) in [6.07, 6.45) is 1.89. The SMILES string of the molecule is COc1ccc(OCC(C)NS(=O)(=O)c2ccc(OC)c(C(=O)N3CCCC3)c2)cc1. The van der Waals surface area contributed by atoms with Gasteiger partial charge < -0.3 is 19.1 Å². The molecule has 1 unspecified atom stereocenters. The van der Waals surface area contributed by atoms with Crippen LogP contribution in [0.15, 0.2) is 47.4 Å². The molecule has 0 aromatic heterocycles. The molecular weight excluding hydrogens is 420 g/mol. The van der Waals surface area contributed by atoms with Gasteiger partial charge in [0.05, 0.1) is 30.7 Å². The van der Waals surface area contributed by atoms with Crippen molar-refractivity contribution >= 4 is 15.9 Å². The first-order valence-electron chi connectivity index (χ1n) is 10.1. The Morgan fingerprint density at radius 3 is 2.29 bits per heavy atom. The van der Waals surface area contributed by atoms with Gasteiger partial charge in [0, 0.05) is 13.1 Å². The fourth-order valence-electron chi connectivity index (χ4n) is 3.37. The van der Waals surface area contributed by atoms with E-state index in [2.05, 4.69) is 4.72 Å². The number of carbonyl (C=O) groups is 1. The molecule has 8 nitrogen and oxygen atoms in total. The molecule has 1 heterocycles. The molecule has 168 valence electrons. The molecule has 1 aliphatic rings. The number of benzene rings is 2. The number of likely N-dealkylation sites (tertiary alicyclic amines) is 1. The molecule has 2 aromatic rings. The normalized spacial score (nSPS) is 14.9. The Morgan fingerprint density at radius 2 is 1.68 bits per heavy atom. The Morgan fingerprint density at radius 1 is 1.03 bits per heavy atom. The number of hydrogen-bond donors (Lipinski definition) is 1. The zero-order chi connectivity index (χ0) is 22.4. The average Bonchev–Trinajstić information content (AvgIpc) is 3.31. The second-order valence-corrected chi connectivity index (χ2v) is 9.08. The number of sulfonamides is 1. The highest BCUT2D eigenvalue weighted by molar-refractivity contribution is 7.89. The molecule has 1 fully saturated rings. The van der Waals surface area contributed by atoms with Crippen LogP contribution < -0.4 is 18.9 Å². The summed E-state index contributed by atoms with van der Waals surface area (Å²) >= 11 is 0. The van der Waals surface area contributed by atoms with E-state index in [0.29, 0.717) is 30.3 Å². The summed E-state index contributed by atoms with van der Waals surface area (Å²) in [6.45, 7) is 3.18. The van der Waals surface area contributed by atoms with E-state index in [-0.39, 0.29) is 23.0 Å². The lowest BCUT2D eigenvalue weighted by molar-refractivity contribution is 0.0789. The van der Waals surface area contributed by atoms with Crippen LogP contribution >= 0.6 is 0 Å². The highest BCUT2D eigenvalue weighted by Crippen LogP contribution is 2.25. The molecule has 0 aliphatic carbocycles. The second-order valence-electron chi connectivity index (χ2n) is 7.37. The summed E-state index contributed by atoms with van der Waals surface area (Å²) in [5, 5.41) is 0. The van der Waals surface area contributed by atoms with Crippen LogP contribution in [0.4, 0.5) is 0 Å². The van der Waals surface area contributed by atoms with E-state index in [1.165, 1.54) is 25.3 Å². The minimum atomic E-state index is -3.86. The van der Waals surface area contributed by atoms with Gasteiger partial charge in [-0.2, -0.15) is 0 Å². The van der Waals surface area contributed by atoms with Crippen molar-refractivity contribution in [3.8, 4) is 17.2 Å². The molecule has 0 bridgehead atoms. The topological polar surface area (TPSA) is 94.2 Å². The summed E-state index contributed by atoms with van der Waals surface area (Å²) in [7, 11) is -0.817. The van der Waals surface area contributed by atoms with Crippen molar-refractivity contribution in [2.24, 2.45) is 0 Å². The summed E-state index contributed by atoms with van der Waals surface area (Å²) < 4.78 is 44.4. The molecule has 1 aliphatic heterocycles. The van der Waals surface area contributed by atoms with Crippen molar-refractivity contribution in [3.05, 3.63) is 48.0 Å². The largest absolute Gasteiger partial charge is 0.497 e. The van der Waals surface area contributed by atoms with Gasteiger partial charge in [-0.3, -0.25) is 4.79 Å². The van der Waals surface area contributed by atoms with Gasteiger partial charge in [0.25, 0.3) is 5.91 Å². The molecule has 0 saturated carbocycles. The molecule has 1 amide bonds. The monoisotopic (exact) mass is 448 g/mol. The third-order valence-electron chi connectivity index (χ3n) is 5.02. The quantitative estimate of drug-likeness (QED) is 0.634. The maximum atomic E-state index is 12.9. The Balaban J connectivity index is 1.69. The Labute approximate surface area is 183 Å². The molecule has 2 aromatic carbocycles. The van der Waals surface area contributed by atoms with Crippen molar-refractivity contribution in [2.75, 3.05) is 33.9 Å². The lowest BCUT2D eigenvalue weighted by Gasteiger charge is -2.19. The van der Waals surface area contributed by atoms with Crippen molar-refractivity contribution < 1.29 is 27.4 Å². The van der Waals surface area contributed by atoms with Gasteiger partial charge >= 0.3 is 0 Å². The van der Waals surface area contributed by atoms with Crippen LogP contribution in [0, 0.1) is 0 Å².